The average molecular weight is 445 g/mol. The number of esters is 2. The van der Waals surface area contributed by atoms with Gasteiger partial charge in [0, 0.05) is 22.1 Å². The van der Waals surface area contributed by atoms with Crippen LogP contribution in [0.3, 0.4) is 0 Å². The summed E-state index contributed by atoms with van der Waals surface area (Å²) in [4.78, 5) is 26.9. The number of piperidine rings is 1. The van der Waals surface area contributed by atoms with E-state index in [2.05, 4.69) is 27.5 Å². The first kappa shape index (κ1) is 17.5. The lowest BCUT2D eigenvalue weighted by Gasteiger charge is -2.40. The van der Waals surface area contributed by atoms with E-state index in [1.54, 1.807) is 6.07 Å². The lowest BCUT2D eigenvalue weighted by molar-refractivity contribution is -0.156. The van der Waals surface area contributed by atoms with Crippen LogP contribution >= 0.6 is 22.6 Å². The van der Waals surface area contributed by atoms with Crippen LogP contribution in [-0.2, 0) is 14.3 Å². The van der Waals surface area contributed by atoms with E-state index in [0.29, 0.717) is 12.5 Å². The number of fused-ring (bicyclic) bond motifs is 2. The molecule has 0 saturated carbocycles. The second-order valence-electron chi connectivity index (χ2n) is 6.35. The Hall–Kier alpha value is -1.35. The molecule has 2 heterocycles. The normalized spacial score (nSPS) is 29.3. The van der Waals surface area contributed by atoms with Crippen molar-refractivity contribution < 1.29 is 24.2 Å². The molecular weight excluding hydrogens is 425 g/mol. The molecule has 0 spiro atoms. The first-order valence-electron chi connectivity index (χ1n) is 7.91. The number of hydrogen-bond acceptors (Lipinski definition) is 6. The molecule has 1 N–H and O–H groups in total. The number of nitrogens with zero attached hydrogens (tertiary/aromatic N) is 1. The standard InChI is InChI=1S/C17H20INO5/c1-19-10-4-6-12(19)15(17(22)23-2)14(8-10)24-16(21)11-5-3-9(18)7-13(11)20/h3,5,7,10,12,14-15,20H,4,6,8H2,1-2H3/t10-,12+,14-,15+/m0/s1. The summed E-state index contributed by atoms with van der Waals surface area (Å²) in [5, 5.41) is 9.97. The predicted molar refractivity (Wildman–Crippen MR) is 94.7 cm³/mol. The summed E-state index contributed by atoms with van der Waals surface area (Å²) in [5.41, 5.74) is 0.116. The molecular formula is C17H20INO5. The number of hydrogen-bond donors (Lipinski definition) is 1. The van der Waals surface area contributed by atoms with Gasteiger partial charge >= 0.3 is 11.9 Å². The van der Waals surface area contributed by atoms with Gasteiger partial charge in [0.1, 0.15) is 23.3 Å². The third-order valence-electron chi connectivity index (χ3n) is 5.13. The van der Waals surface area contributed by atoms with Gasteiger partial charge in [0.25, 0.3) is 0 Å². The molecule has 130 valence electrons. The van der Waals surface area contributed by atoms with Crippen molar-refractivity contribution >= 4 is 34.5 Å². The molecule has 1 aromatic rings. The molecule has 3 rings (SSSR count). The zero-order chi connectivity index (χ0) is 17.4. The highest BCUT2D eigenvalue weighted by molar-refractivity contribution is 14.1. The Balaban J connectivity index is 1.82. The molecule has 0 radical (unpaired) electrons. The maximum absolute atomic E-state index is 12.5. The SMILES string of the molecule is COC(=O)[C@H]1[C@@H](OC(=O)c2ccc(I)cc2O)C[C@@H]2CC[C@H]1N2C. The van der Waals surface area contributed by atoms with Crippen LogP contribution in [-0.4, -0.2) is 54.3 Å². The number of phenolic OH excluding ortho intramolecular Hbond substituents is 1. The van der Waals surface area contributed by atoms with E-state index >= 15 is 0 Å². The van der Waals surface area contributed by atoms with Crippen molar-refractivity contribution in [1.29, 1.82) is 0 Å². The molecule has 2 aliphatic heterocycles. The van der Waals surface area contributed by atoms with Crippen molar-refractivity contribution in [2.75, 3.05) is 14.2 Å². The van der Waals surface area contributed by atoms with Gasteiger partial charge in [-0.15, -0.1) is 0 Å². The average Bonchev–Trinajstić information content (AvgIpc) is 2.78. The second kappa shape index (κ2) is 6.87. The van der Waals surface area contributed by atoms with Crippen molar-refractivity contribution in [3.8, 4) is 5.75 Å². The lowest BCUT2D eigenvalue weighted by Crippen LogP contribution is -2.53. The third kappa shape index (κ3) is 3.11. The van der Waals surface area contributed by atoms with Gasteiger partial charge in [0.2, 0.25) is 0 Å². The Kier molecular flexibility index (Phi) is 5.00. The van der Waals surface area contributed by atoms with Gasteiger partial charge in [-0.2, -0.15) is 0 Å². The van der Waals surface area contributed by atoms with Crippen molar-refractivity contribution in [2.24, 2.45) is 5.92 Å². The Morgan fingerprint density at radius 1 is 1.33 bits per heavy atom. The van der Waals surface area contributed by atoms with Crippen LogP contribution < -0.4 is 0 Å². The van der Waals surface area contributed by atoms with Crippen LogP contribution in [0.4, 0.5) is 0 Å². The minimum absolute atomic E-state index is 0.0271. The number of methoxy groups -OCH3 is 1. The van der Waals surface area contributed by atoms with Gasteiger partial charge in [0.15, 0.2) is 0 Å². The van der Waals surface area contributed by atoms with E-state index < -0.39 is 18.0 Å². The van der Waals surface area contributed by atoms with Crippen LogP contribution in [0.2, 0.25) is 0 Å². The van der Waals surface area contributed by atoms with Gasteiger partial charge in [-0.3, -0.25) is 9.69 Å². The molecule has 1 aromatic carbocycles. The zero-order valence-electron chi connectivity index (χ0n) is 13.6. The number of ether oxygens (including phenoxy) is 2. The maximum atomic E-state index is 12.5. The molecule has 6 nitrogen and oxygen atoms in total. The predicted octanol–water partition coefficient (Wildman–Crippen LogP) is 2.18. The molecule has 2 fully saturated rings. The second-order valence-corrected chi connectivity index (χ2v) is 7.60. The van der Waals surface area contributed by atoms with Crippen molar-refractivity contribution in [2.45, 2.75) is 37.5 Å². The lowest BCUT2D eigenvalue weighted by atomic mass is 9.87. The molecule has 0 amide bonds. The summed E-state index contributed by atoms with van der Waals surface area (Å²) in [6.07, 6.45) is 1.95. The summed E-state index contributed by atoms with van der Waals surface area (Å²) >= 11 is 2.05. The Labute approximate surface area is 154 Å². The van der Waals surface area contributed by atoms with Crippen LogP contribution in [0.15, 0.2) is 18.2 Å². The zero-order valence-corrected chi connectivity index (χ0v) is 15.7. The van der Waals surface area contributed by atoms with Crippen LogP contribution in [0, 0.1) is 9.49 Å². The van der Waals surface area contributed by atoms with Gasteiger partial charge in [-0.05, 0) is 60.7 Å². The summed E-state index contributed by atoms with van der Waals surface area (Å²) < 4.78 is 11.4. The molecule has 4 atom stereocenters. The minimum atomic E-state index is -0.605. The molecule has 2 aliphatic rings. The van der Waals surface area contributed by atoms with Gasteiger partial charge in [0.05, 0.1) is 7.11 Å². The van der Waals surface area contributed by atoms with Crippen LogP contribution in [0.25, 0.3) is 0 Å². The van der Waals surface area contributed by atoms with E-state index in [0.717, 1.165) is 16.4 Å². The Morgan fingerprint density at radius 3 is 2.75 bits per heavy atom. The number of rotatable bonds is 3. The number of carbonyl (C=O) groups is 2. The molecule has 0 aliphatic carbocycles. The fourth-order valence-corrected chi connectivity index (χ4v) is 4.34. The third-order valence-corrected chi connectivity index (χ3v) is 5.80. The minimum Gasteiger partial charge on any atom is -0.507 e. The first-order chi connectivity index (χ1) is 11.4. The fourth-order valence-electron chi connectivity index (χ4n) is 3.87. The van der Waals surface area contributed by atoms with Crippen molar-refractivity contribution in [1.82, 2.24) is 4.90 Å². The quantitative estimate of drug-likeness (QED) is 0.568. The van der Waals surface area contributed by atoms with Gasteiger partial charge < -0.3 is 14.6 Å². The van der Waals surface area contributed by atoms with Crippen molar-refractivity contribution in [3.05, 3.63) is 27.3 Å². The van der Waals surface area contributed by atoms with Crippen molar-refractivity contribution in [3.63, 3.8) is 0 Å². The Bertz CT molecular complexity index is 664. The number of halogens is 1. The molecule has 2 bridgehead atoms. The molecule has 2 saturated heterocycles. The maximum Gasteiger partial charge on any atom is 0.342 e. The summed E-state index contributed by atoms with van der Waals surface area (Å²) in [6, 6.07) is 5.11. The van der Waals surface area contributed by atoms with Gasteiger partial charge in [-0.1, -0.05) is 0 Å². The first-order valence-corrected chi connectivity index (χ1v) is 8.99. The largest absolute Gasteiger partial charge is 0.507 e. The molecule has 24 heavy (non-hydrogen) atoms. The topological polar surface area (TPSA) is 76.1 Å². The highest BCUT2D eigenvalue weighted by Gasteiger charge is 2.51. The summed E-state index contributed by atoms with van der Waals surface area (Å²) in [7, 11) is 3.36. The van der Waals surface area contributed by atoms with E-state index in [1.807, 2.05) is 7.05 Å². The Morgan fingerprint density at radius 2 is 2.08 bits per heavy atom. The van der Waals surface area contributed by atoms with E-state index in [-0.39, 0.29) is 23.3 Å². The van der Waals surface area contributed by atoms with E-state index in [4.69, 9.17) is 9.47 Å². The van der Waals surface area contributed by atoms with E-state index in [9.17, 15) is 14.7 Å². The van der Waals surface area contributed by atoms with Crippen LogP contribution in [0.5, 0.6) is 5.75 Å². The van der Waals surface area contributed by atoms with E-state index in [1.165, 1.54) is 19.2 Å². The number of benzene rings is 1. The number of phenols is 1. The monoisotopic (exact) mass is 445 g/mol. The summed E-state index contributed by atoms with van der Waals surface area (Å²) in [6.45, 7) is 0. The molecule has 0 aromatic heterocycles. The van der Waals surface area contributed by atoms with Crippen LogP contribution in [0.1, 0.15) is 29.6 Å². The summed E-state index contributed by atoms with van der Waals surface area (Å²) in [5.74, 6) is -1.56. The number of carbonyl (C=O) groups excluding carboxylic acids is 2. The highest BCUT2D eigenvalue weighted by Crippen LogP contribution is 2.40. The highest BCUT2D eigenvalue weighted by atomic mass is 127. The smallest absolute Gasteiger partial charge is 0.342 e. The number of aromatic hydroxyl groups is 1. The van der Waals surface area contributed by atoms with Gasteiger partial charge in [-0.25, -0.2) is 4.79 Å². The molecule has 0 unspecified atom stereocenters. The molecule has 7 heteroatoms. The fraction of sp³-hybridized carbons (Fsp3) is 0.529.